The lowest BCUT2D eigenvalue weighted by Crippen LogP contribution is -2.17. The van der Waals surface area contributed by atoms with Gasteiger partial charge in [0.05, 0.1) is 18.3 Å². The minimum Gasteiger partial charge on any atom is -0.454 e. The van der Waals surface area contributed by atoms with Crippen molar-refractivity contribution < 1.29 is 9.47 Å². The van der Waals surface area contributed by atoms with Crippen molar-refractivity contribution in [1.29, 1.82) is 5.26 Å². The van der Waals surface area contributed by atoms with E-state index in [-0.39, 0.29) is 6.79 Å². The third kappa shape index (κ3) is 2.59. The van der Waals surface area contributed by atoms with Gasteiger partial charge in [0.15, 0.2) is 11.5 Å². The maximum absolute atomic E-state index is 8.65. The number of ether oxygens (including phenoxy) is 2. The molecule has 1 aliphatic heterocycles. The second kappa shape index (κ2) is 5.49. The first-order chi connectivity index (χ1) is 9.76. The van der Waals surface area contributed by atoms with Crippen LogP contribution in [0.5, 0.6) is 11.5 Å². The van der Waals surface area contributed by atoms with Gasteiger partial charge < -0.3 is 9.47 Å². The second-order valence-electron chi connectivity index (χ2n) is 4.54. The summed E-state index contributed by atoms with van der Waals surface area (Å²) in [4.78, 5) is 6.53. The van der Waals surface area contributed by atoms with Crippen molar-refractivity contribution in [1.82, 2.24) is 9.88 Å². The molecule has 2 aromatic rings. The van der Waals surface area contributed by atoms with E-state index >= 15 is 0 Å². The molecular formula is C14H13N3O2S. The van der Waals surface area contributed by atoms with Gasteiger partial charge in [-0.15, -0.1) is 11.3 Å². The SMILES string of the molecule is CN(CC#N)Cc1csc(-c2ccc3c(c2)OCO3)n1. The van der Waals surface area contributed by atoms with E-state index in [0.717, 1.165) is 27.8 Å². The van der Waals surface area contributed by atoms with Crippen molar-refractivity contribution in [2.75, 3.05) is 20.4 Å². The zero-order chi connectivity index (χ0) is 13.9. The molecule has 0 amide bonds. The first-order valence-electron chi connectivity index (χ1n) is 6.16. The molecule has 0 radical (unpaired) electrons. The molecule has 6 heteroatoms. The summed E-state index contributed by atoms with van der Waals surface area (Å²) in [6.07, 6.45) is 0. The van der Waals surface area contributed by atoms with Crippen LogP contribution in [0.1, 0.15) is 5.69 Å². The van der Waals surface area contributed by atoms with Crippen molar-refractivity contribution in [2.45, 2.75) is 6.54 Å². The van der Waals surface area contributed by atoms with E-state index in [1.807, 2.05) is 35.5 Å². The lowest BCUT2D eigenvalue weighted by Gasteiger charge is -2.09. The minimum atomic E-state index is 0.279. The van der Waals surface area contributed by atoms with Crippen LogP contribution in [0.3, 0.4) is 0 Å². The lowest BCUT2D eigenvalue weighted by atomic mass is 10.2. The van der Waals surface area contributed by atoms with E-state index in [1.165, 1.54) is 0 Å². The number of hydrogen-bond acceptors (Lipinski definition) is 6. The van der Waals surface area contributed by atoms with Gasteiger partial charge in [-0.25, -0.2) is 4.98 Å². The summed E-state index contributed by atoms with van der Waals surface area (Å²) in [5.41, 5.74) is 1.99. The highest BCUT2D eigenvalue weighted by atomic mass is 32.1. The van der Waals surface area contributed by atoms with E-state index in [4.69, 9.17) is 14.7 Å². The van der Waals surface area contributed by atoms with Crippen LogP contribution in [-0.2, 0) is 6.54 Å². The van der Waals surface area contributed by atoms with Crippen LogP contribution in [0.4, 0.5) is 0 Å². The Balaban J connectivity index is 1.78. The molecule has 2 heterocycles. The smallest absolute Gasteiger partial charge is 0.231 e. The zero-order valence-electron chi connectivity index (χ0n) is 11.0. The fraction of sp³-hybridized carbons (Fsp3) is 0.286. The molecule has 0 N–H and O–H groups in total. The summed E-state index contributed by atoms with van der Waals surface area (Å²) in [6.45, 7) is 1.35. The van der Waals surface area contributed by atoms with Gasteiger partial charge >= 0.3 is 0 Å². The Labute approximate surface area is 121 Å². The zero-order valence-corrected chi connectivity index (χ0v) is 11.8. The summed E-state index contributed by atoms with van der Waals surface area (Å²) in [7, 11) is 1.91. The number of rotatable bonds is 4. The van der Waals surface area contributed by atoms with Crippen LogP contribution < -0.4 is 9.47 Å². The number of nitrogens with zero attached hydrogens (tertiary/aromatic N) is 3. The minimum absolute atomic E-state index is 0.279. The monoisotopic (exact) mass is 287 g/mol. The molecule has 0 saturated heterocycles. The highest BCUT2D eigenvalue weighted by Gasteiger charge is 2.15. The van der Waals surface area contributed by atoms with Crippen LogP contribution in [0.2, 0.25) is 0 Å². The Kier molecular flexibility index (Phi) is 3.54. The van der Waals surface area contributed by atoms with E-state index in [9.17, 15) is 0 Å². The Morgan fingerprint density at radius 1 is 1.40 bits per heavy atom. The molecule has 102 valence electrons. The van der Waals surface area contributed by atoms with Gasteiger partial charge in [0.1, 0.15) is 5.01 Å². The van der Waals surface area contributed by atoms with Crippen molar-refractivity contribution in [3.8, 4) is 28.1 Å². The van der Waals surface area contributed by atoms with Crippen molar-refractivity contribution in [2.24, 2.45) is 0 Å². The van der Waals surface area contributed by atoms with Gasteiger partial charge in [-0.05, 0) is 25.2 Å². The van der Waals surface area contributed by atoms with Crippen LogP contribution in [0.25, 0.3) is 10.6 Å². The van der Waals surface area contributed by atoms with Gasteiger partial charge in [-0.1, -0.05) is 0 Å². The van der Waals surface area contributed by atoms with Crippen molar-refractivity contribution in [3.63, 3.8) is 0 Å². The lowest BCUT2D eigenvalue weighted by molar-refractivity contribution is 0.174. The molecule has 1 aliphatic rings. The Morgan fingerprint density at radius 3 is 3.10 bits per heavy atom. The first-order valence-corrected chi connectivity index (χ1v) is 7.04. The molecule has 0 fully saturated rings. The molecule has 1 aromatic heterocycles. The molecule has 20 heavy (non-hydrogen) atoms. The van der Waals surface area contributed by atoms with Crippen LogP contribution in [-0.4, -0.2) is 30.3 Å². The summed E-state index contributed by atoms with van der Waals surface area (Å²) in [5.74, 6) is 1.54. The average Bonchev–Trinajstić information content (AvgIpc) is 3.06. The first kappa shape index (κ1) is 12.9. The number of nitriles is 1. The Hall–Kier alpha value is -2.10. The molecule has 0 spiro atoms. The van der Waals surface area contributed by atoms with E-state index in [1.54, 1.807) is 11.3 Å². The molecule has 0 bridgehead atoms. The van der Waals surface area contributed by atoms with E-state index in [0.29, 0.717) is 13.1 Å². The maximum Gasteiger partial charge on any atom is 0.231 e. The molecule has 1 aromatic carbocycles. The third-order valence-corrected chi connectivity index (χ3v) is 3.88. The summed E-state index contributed by atoms with van der Waals surface area (Å²) in [6, 6.07) is 7.96. The molecule has 0 atom stereocenters. The van der Waals surface area contributed by atoms with E-state index < -0.39 is 0 Å². The number of hydrogen-bond donors (Lipinski definition) is 0. The quantitative estimate of drug-likeness (QED) is 0.809. The van der Waals surface area contributed by atoms with Crippen molar-refractivity contribution >= 4 is 11.3 Å². The third-order valence-electron chi connectivity index (χ3n) is 2.94. The number of fused-ring (bicyclic) bond motifs is 1. The van der Waals surface area contributed by atoms with Gasteiger partial charge in [-0.3, -0.25) is 4.90 Å². The average molecular weight is 287 g/mol. The van der Waals surface area contributed by atoms with Gasteiger partial charge in [0.25, 0.3) is 0 Å². The van der Waals surface area contributed by atoms with Crippen LogP contribution in [0, 0.1) is 11.3 Å². The van der Waals surface area contributed by atoms with Crippen molar-refractivity contribution in [3.05, 3.63) is 29.3 Å². The highest BCUT2D eigenvalue weighted by molar-refractivity contribution is 7.13. The fourth-order valence-corrected chi connectivity index (χ4v) is 2.80. The molecule has 3 rings (SSSR count). The maximum atomic E-state index is 8.65. The number of thiazole rings is 1. The molecular weight excluding hydrogens is 274 g/mol. The molecule has 5 nitrogen and oxygen atoms in total. The number of aromatic nitrogens is 1. The fourth-order valence-electron chi connectivity index (χ4n) is 1.99. The summed E-state index contributed by atoms with van der Waals surface area (Å²) >= 11 is 1.59. The Bertz CT molecular complexity index is 663. The second-order valence-corrected chi connectivity index (χ2v) is 5.40. The topological polar surface area (TPSA) is 58.4 Å². The van der Waals surface area contributed by atoms with Gasteiger partial charge in [0, 0.05) is 17.5 Å². The van der Waals surface area contributed by atoms with Gasteiger partial charge in [-0.2, -0.15) is 5.26 Å². The van der Waals surface area contributed by atoms with E-state index in [2.05, 4.69) is 11.1 Å². The highest BCUT2D eigenvalue weighted by Crippen LogP contribution is 2.36. The summed E-state index contributed by atoms with van der Waals surface area (Å²) in [5, 5.41) is 11.6. The molecule has 0 aliphatic carbocycles. The standard InChI is InChI=1S/C14H13N3O2S/c1-17(5-4-15)7-11-8-20-14(16-11)10-2-3-12-13(6-10)19-9-18-12/h2-3,6,8H,5,7,9H2,1H3. The summed E-state index contributed by atoms with van der Waals surface area (Å²) < 4.78 is 10.7. The normalized spacial score (nSPS) is 12.7. The largest absolute Gasteiger partial charge is 0.454 e. The van der Waals surface area contributed by atoms with Gasteiger partial charge in [0.2, 0.25) is 6.79 Å². The van der Waals surface area contributed by atoms with Crippen LogP contribution >= 0.6 is 11.3 Å². The molecule has 0 saturated carbocycles. The Morgan fingerprint density at radius 2 is 2.25 bits per heavy atom. The number of benzene rings is 1. The van der Waals surface area contributed by atoms with Crippen LogP contribution in [0.15, 0.2) is 23.6 Å². The molecule has 0 unspecified atom stereocenters. The predicted molar refractivity (Wildman–Crippen MR) is 75.6 cm³/mol. The predicted octanol–water partition coefficient (Wildman–Crippen LogP) is 2.49.